The molecule has 198 valence electrons. The Morgan fingerprint density at radius 1 is 1.00 bits per heavy atom. The van der Waals surface area contributed by atoms with Crippen LogP contribution in [0.5, 0.6) is 0 Å². The molecule has 0 spiro atoms. The van der Waals surface area contributed by atoms with E-state index >= 15 is 0 Å². The van der Waals surface area contributed by atoms with Gasteiger partial charge in [0.15, 0.2) is 0 Å². The van der Waals surface area contributed by atoms with Crippen LogP contribution in [0.25, 0.3) is 0 Å². The molecule has 37 heavy (non-hydrogen) atoms. The van der Waals surface area contributed by atoms with Gasteiger partial charge in [0.05, 0.1) is 6.54 Å². The third-order valence-electron chi connectivity index (χ3n) is 6.34. The highest BCUT2D eigenvalue weighted by Crippen LogP contribution is 2.16. The molecular formula is C30H37BrFN3O2. The molecule has 1 aromatic heterocycles. The van der Waals surface area contributed by atoms with Crippen molar-refractivity contribution in [2.45, 2.75) is 53.1 Å². The number of nitrogens with zero attached hydrogens (tertiary/aromatic N) is 3. The normalized spacial score (nSPS) is 11.1. The Morgan fingerprint density at radius 2 is 1.76 bits per heavy atom. The minimum atomic E-state index is -0.461. The fourth-order valence-corrected chi connectivity index (χ4v) is 4.37. The van der Waals surface area contributed by atoms with Crippen molar-refractivity contribution in [2.24, 2.45) is 5.92 Å². The minimum absolute atomic E-state index is 0.0286. The number of benzene rings is 2. The van der Waals surface area contributed by atoms with Gasteiger partial charge in [0.2, 0.25) is 5.91 Å². The SMILES string of the molecule is CCCCN(Cc1cccn1Cc1ccc(Br)cc1)C(=O)CN(CCC(C)C)C(=O)c1cccc(F)c1. The number of carbonyl (C=O) groups excluding carboxylic acids is 2. The Morgan fingerprint density at radius 3 is 2.43 bits per heavy atom. The van der Waals surface area contributed by atoms with Gasteiger partial charge in [0.25, 0.3) is 5.91 Å². The Hall–Kier alpha value is -2.93. The molecule has 0 aliphatic heterocycles. The maximum absolute atomic E-state index is 13.8. The summed E-state index contributed by atoms with van der Waals surface area (Å²) in [5.41, 5.74) is 2.48. The predicted molar refractivity (Wildman–Crippen MR) is 150 cm³/mol. The molecule has 0 saturated carbocycles. The van der Waals surface area contributed by atoms with Gasteiger partial charge in [-0.05, 0) is 66.8 Å². The van der Waals surface area contributed by atoms with E-state index < -0.39 is 5.82 Å². The van der Waals surface area contributed by atoms with Gasteiger partial charge in [-0.2, -0.15) is 0 Å². The molecule has 1 heterocycles. The highest BCUT2D eigenvalue weighted by atomic mass is 79.9. The van der Waals surface area contributed by atoms with Crippen molar-refractivity contribution in [3.05, 3.63) is 94.0 Å². The summed E-state index contributed by atoms with van der Waals surface area (Å²) < 4.78 is 17.0. The number of hydrogen-bond donors (Lipinski definition) is 0. The lowest BCUT2D eigenvalue weighted by Gasteiger charge is -2.29. The quantitative estimate of drug-likeness (QED) is 0.228. The molecule has 0 N–H and O–H groups in total. The second-order valence-corrected chi connectivity index (χ2v) is 10.8. The largest absolute Gasteiger partial charge is 0.345 e. The molecule has 0 radical (unpaired) electrons. The lowest BCUT2D eigenvalue weighted by molar-refractivity contribution is -0.132. The van der Waals surface area contributed by atoms with Gasteiger partial charge in [-0.15, -0.1) is 0 Å². The summed E-state index contributed by atoms with van der Waals surface area (Å²) in [4.78, 5) is 30.3. The molecule has 0 fully saturated rings. The van der Waals surface area contributed by atoms with Crippen LogP contribution in [0.3, 0.4) is 0 Å². The first-order valence-electron chi connectivity index (χ1n) is 13.0. The first kappa shape index (κ1) is 28.6. The number of carbonyl (C=O) groups is 2. The van der Waals surface area contributed by atoms with Gasteiger partial charge in [-0.25, -0.2) is 4.39 Å². The molecule has 0 atom stereocenters. The van der Waals surface area contributed by atoms with Crippen LogP contribution in [0.2, 0.25) is 0 Å². The second-order valence-electron chi connectivity index (χ2n) is 9.84. The topological polar surface area (TPSA) is 45.6 Å². The first-order chi connectivity index (χ1) is 17.8. The highest BCUT2D eigenvalue weighted by molar-refractivity contribution is 9.10. The monoisotopic (exact) mass is 569 g/mol. The summed E-state index contributed by atoms with van der Waals surface area (Å²) >= 11 is 3.48. The Labute approximate surface area is 228 Å². The lowest BCUT2D eigenvalue weighted by Crippen LogP contribution is -2.44. The molecule has 0 aliphatic rings. The number of halogens is 2. The highest BCUT2D eigenvalue weighted by Gasteiger charge is 2.23. The van der Waals surface area contributed by atoms with E-state index in [1.807, 2.05) is 35.4 Å². The molecule has 3 aromatic rings. The average molecular weight is 571 g/mol. The number of aromatic nitrogens is 1. The summed E-state index contributed by atoms with van der Waals surface area (Å²) in [6.07, 6.45) is 4.63. The van der Waals surface area contributed by atoms with Gasteiger partial charge in [-0.3, -0.25) is 9.59 Å². The zero-order valence-corrected chi connectivity index (χ0v) is 23.6. The van der Waals surface area contributed by atoms with Crippen LogP contribution in [-0.4, -0.2) is 45.8 Å². The zero-order valence-electron chi connectivity index (χ0n) is 22.0. The van der Waals surface area contributed by atoms with E-state index in [4.69, 9.17) is 0 Å². The molecule has 3 rings (SSSR count). The van der Waals surface area contributed by atoms with Crippen molar-refractivity contribution >= 4 is 27.7 Å². The number of rotatable bonds is 13. The average Bonchev–Trinajstić information content (AvgIpc) is 3.31. The Kier molecular flexibility index (Phi) is 10.9. The fourth-order valence-electron chi connectivity index (χ4n) is 4.10. The van der Waals surface area contributed by atoms with Crippen molar-refractivity contribution in [1.82, 2.24) is 14.4 Å². The van der Waals surface area contributed by atoms with Crippen molar-refractivity contribution in [3.63, 3.8) is 0 Å². The Bertz CT molecular complexity index is 1160. The van der Waals surface area contributed by atoms with E-state index in [9.17, 15) is 14.0 Å². The summed E-state index contributed by atoms with van der Waals surface area (Å²) in [5, 5.41) is 0. The van der Waals surface area contributed by atoms with Crippen LogP contribution in [0.15, 0.2) is 71.3 Å². The van der Waals surface area contributed by atoms with E-state index in [1.165, 1.54) is 23.8 Å². The van der Waals surface area contributed by atoms with Crippen molar-refractivity contribution in [3.8, 4) is 0 Å². The third kappa shape index (κ3) is 8.85. The number of hydrogen-bond acceptors (Lipinski definition) is 2. The molecule has 7 heteroatoms. The van der Waals surface area contributed by atoms with Crippen LogP contribution >= 0.6 is 15.9 Å². The van der Waals surface area contributed by atoms with Crippen LogP contribution in [0.1, 0.15) is 61.6 Å². The number of unbranched alkanes of at least 4 members (excludes halogenated alkanes) is 1. The van der Waals surface area contributed by atoms with Crippen molar-refractivity contribution in [2.75, 3.05) is 19.6 Å². The standard InChI is InChI=1S/C30H37BrFN3O2/c1-4-5-16-34(21-28-10-7-17-33(28)20-24-11-13-26(31)14-12-24)29(36)22-35(18-15-23(2)3)30(37)25-8-6-9-27(32)19-25/h6-14,17,19,23H,4-5,15-16,18,20-22H2,1-3H3. The summed E-state index contributed by atoms with van der Waals surface area (Å²) in [6.45, 7) is 8.48. The molecule has 2 amide bonds. The summed E-state index contributed by atoms with van der Waals surface area (Å²) in [7, 11) is 0. The summed E-state index contributed by atoms with van der Waals surface area (Å²) in [5.74, 6) is -0.506. The molecule has 5 nitrogen and oxygen atoms in total. The van der Waals surface area contributed by atoms with E-state index in [0.717, 1.165) is 29.4 Å². The summed E-state index contributed by atoms with van der Waals surface area (Å²) in [6, 6.07) is 17.9. The smallest absolute Gasteiger partial charge is 0.254 e. The molecule has 0 unspecified atom stereocenters. The van der Waals surface area contributed by atoms with Crippen LogP contribution in [0, 0.1) is 11.7 Å². The fraction of sp³-hybridized carbons (Fsp3) is 0.400. The zero-order chi connectivity index (χ0) is 26.8. The van der Waals surface area contributed by atoms with Crippen LogP contribution in [-0.2, 0) is 17.9 Å². The van der Waals surface area contributed by atoms with E-state index in [2.05, 4.69) is 53.4 Å². The Balaban J connectivity index is 1.77. The van der Waals surface area contributed by atoms with Gasteiger partial charge in [0.1, 0.15) is 12.4 Å². The van der Waals surface area contributed by atoms with E-state index in [-0.39, 0.29) is 23.9 Å². The van der Waals surface area contributed by atoms with Crippen LogP contribution < -0.4 is 0 Å². The van der Waals surface area contributed by atoms with Crippen molar-refractivity contribution < 1.29 is 14.0 Å². The second kappa shape index (κ2) is 14.1. The molecule has 2 aromatic carbocycles. The maximum Gasteiger partial charge on any atom is 0.254 e. The molecular weight excluding hydrogens is 533 g/mol. The van der Waals surface area contributed by atoms with Crippen LogP contribution in [0.4, 0.5) is 4.39 Å². The first-order valence-corrected chi connectivity index (χ1v) is 13.8. The van der Waals surface area contributed by atoms with Gasteiger partial charge in [0, 0.05) is 41.6 Å². The maximum atomic E-state index is 13.8. The van der Waals surface area contributed by atoms with Crippen molar-refractivity contribution in [1.29, 1.82) is 0 Å². The third-order valence-corrected chi connectivity index (χ3v) is 6.87. The molecule has 0 aliphatic carbocycles. The lowest BCUT2D eigenvalue weighted by atomic mass is 10.1. The minimum Gasteiger partial charge on any atom is -0.345 e. The van der Waals surface area contributed by atoms with Gasteiger partial charge < -0.3 is 14.4 Å². The number of amides is 2. The van der Waals surface area contributed by atoms with Gasteiger partial charge >= 0.3 is 0 Å². The molecule has 0 bridgehead atoms. The predicted octanol–water partition coefficient (Wildman–Crippen LogP) is 6.76. The van der Waals surface area contributed by atoms with Gasteiger partial charge in [-0.1, -0.05) is 61.3 Å². The van der Waals surface area contributed by atoms with E-state index in [0.29, 0.717) is 32.1 Å². The van der Waals surface area contributed by atoms with E-state index in [1.54, 1.807) is 11.0 Å². The molecule has 0 saturated heterocycles.